The minimum Gasteiger partial charge on any atom is -0.496 e. The van der Waals surface area contributed by atoms with Gasteiger partial charge in [0.15, 0.2) is 0 Å². The van der Waals surface area contributed by atoms with E-state index in [0.29, 0.717) is 22.4 Å². The van der Waals surface area contributed by atoms with Gasteiger partial charge in [0.1, 0.15) is 5.75 Å². The maximum Gasteiger partial charge on any atom is 0.307 e. The first-order valence-corrected chi connectivity index (χ1v) is 4.74. The van der Waals surface area contributed by atoms with Gasteiger partial charge in [-0.15, -0.1) is 0 Å². The van der Waals surface area contributed by atoms with E-state index in [1.54, 1.807) is 12.1 Å². The highest BCUT2D eigenvalue weighted by atomic mass is 16.5. The minimum atomic E-state index is -0.956. The van der Waals surface area contributed by atoms with Crippen molar-refractivity contribution in [2.45, 2.75) is 19.6 Å². The number of methoxy groups -OCH3 is 1. The molecule has 5 nitrogen and oxygen atoms in total. The average molecular weight is 226 g/mol. The van der Waals surface area contributed by atoms with Crippen molar-refractivity contribution in [1.29, 1.82) is 0 Å². The third-order valence-corrected chi connectivity index (χ3v) is 2.26. The van der Waals surface area contributed by atoms with Crippen molar-refractivity contribution in [2.75, 3.05) is 7.11 Å². The number of rotatable bonds is 5. The van der Waals surface area contributed by atoms with Gasteiger partial charge in [-0.3, -0.25) is 4.79 Å². The van der Waals surface area contributed by atoms with Crippen molar-refractivity contribution in [2.24, 2.45) is 0 Å². The zero-order valence-electron chi connectivity index (χ0n) is 8.93. The number of carboxylic acids is 1. The number of aliphatic carboxylic acids is 1. The molecule has 0 fully saturated rings. The van der Waals surface area contributed by atoms with Crippen molar-refractivity contribution in [3.8, 4) is 5.75 Å². The number of carboxylic acid groups (broad SMARTS) is 1. The molecule has 1 aromatic rings. The Bertz CT molecular complexity index is 361. The lowest BCUT2D eigenvalue weighted by molar-refractivity contribution is -0.136. The van der Waals surface area contributed by atoms with Crippen LogP contribution in [0.25, 0.3) is 0 Å². The van der Waals surface area contributed by atoms with E-state index >= 15 is 0 Å². The third kappa shape index (κ3) is 2.71. The molecule has 16 heavy (non-hydrogen) atoms. The molecule has 0 saturated heterocycles. The molecule has 0 aliphatic heterocycles. The molecule has 1 aromatic carbocycles. The van der Waals surface area contributed by atoms with Crippen LogP contribution in [0.4, 0.5) is 0 Å². The zero-order chi connectivity index (χ0) is 12.1. The Morgan fingerprint density at radius 2 is 2.00 bits per heavy atom. The van der Waals surface area contributed by atoms with Gasteiger partial charge in [0.2, 0.25) is 0 Å². The van der Waals surface area contributed by atoms with Crippen LogP contribution in [0.15, 0.2) is 12.1 Å². The topological polar surface area (TPSA) is 87.0 Å². The van der Waals surface area contributed by atoms with Gasteiger partial charge >= 0.3 is 5.97 Å². The molecular formula is C11H14O5. The average Bonchev–Trinajstić information content (AvgIpc) is 2.26. The third-order valence-electron chi connectivity index (χ3n) is 2.26. The van der Waals surface area contributed by atoms with Crippen LogP contribution in [0.3, 0.4) is 0 Å². The van der Waals surface area contributed by atoms with Gasteiger partial charge < -0.3 is 20.1 Å². The Morgan fingerprint density at radius 3 is 2.44 bits per heavy atom. The lowest BCUT2D eigenvalue weighted by Gasteiger charge is -2.12. The Kier molecular flexibility index (Phi) is 4.28. The molecule has 0 atom stereocenters. The van der Waals surface area contributed by atoms with Crippen molar-refractivity contribution in [1.82, 2.24) is 0 Å². The summed E-state index contributed by atoms with van der Waals surface area (Å²) >= 11 is 0. The molecule has 0 radical (unpaired) electrons. The maximum atomic E-state index is 10.6. The van der Waals surface area contributed by atoms with Crippen LogP contribution >= 0.6 is 0 Å². The Hall–Kier alpha value is -1.59. The Labute approximate surface area is 92.9 Å². The monoisotopic (exact) mass is 226 g/mol. The molecule has 88 valence electrons. The second-order valence-electron chi connectivity index (χ2n) is 3.32. The van der Waals surface area contributed by atoms with Gasteiger partial charge in [-0.2, -0.15) is 0 Å². The summed E-state index contributed by atoms with van der Waals surface area (Å²) in [5.74, 6) is -0.562. The summed E-state index contributed by atoms with van der Waals surface area (Å²) in [6, 6.07) is 3.11. The second-order valence-corrected chi connectivity index (χ2v) is 3.32. The van der Waals surface area contributed by atoms with Gasteiger partial charge in [0, 0.05) is 5.56 Å². The number of ether oxygens (including phenoxy) is 1. The molecule has 0 bridgehead atoms. The molecule has 0 amide bonds. The smallest absolute Gasteiger partial charge is 0.307 e. The highest BCUT2D eigenvalue weighted by Crippen LogP contribution is 2.25. The summed E-state index contributed by atoms with van der Waals surface area (Å²) in [5.41, 5.74) is 1.50. The summed E-state index contributed by atoms with van der Waals surface area (Å²) < 4.78 is 5.04. The van der Waals surface area contributed by atoms with E-state index in [-0.39, 0.29) is 19.6 Å². The Morgan fingerprint density at radius 1 is 1.31 bits per heavy atom. The molecule has 0 aliphatic carbocycles. The van der Waals surface area contributed by atoms with Crippen molar-refractivity contribution >= 4 is 5.97 Å². The van der Waals surface area contributed by atoms with Crippen LogP contribution in [-0.2, 0) is 24.4 Å². The second kappa shape index (κ2) is 5.48. The summed E-state index contributed by atoms with van der Waals surface area (Å²) in [6.45, 7) is -0.522. The van der Waals surface area contributed by atoms with Crippen molar-refractivity contribution < 1.29 is 24.9 Å². The van der Waals surface area contributed by atoms with Gasteiger partial charge in [0.05, 0.1) is 26.7 Å². The normalized spacial score (nSPS) is 10.2. The lowest BCUT2D eigenvalue weighted by atomic mass is 10.0. The predicted octanol–water partition coefficient (Wildman–Crippen LogP) is 0.307. The molecule has 0 spiro atoms. The number of benzene rings is 1. The molecule has 0 unspecified atom stereocenters. The predicted molar refractivity (Wildman–Crippen MR) is 56.2 cm³/mol. The molecule has 3 N–H and O–H groups in total. The standard InChI is InChI=1S/C11H14O5/c1-16-10-3-7(4-11(14)15)2-8(5-12)9(10)6-13/h2-3,12-13H,4-6H2,1H3,(H,14,15). The fourth-order valence-electron chi connectivity index (χ4n) is 1.55. The SMILES string of the molecule is COc1cc(CC(=O)O)cc(CO)c1CO. The lowest BCUT2D eigenvalue weighted by Crippen LogP contribution is -2.05. The van der Waals surface area contributed by atoms with Crippen LogP contribution in [-0.4, -0.2) is 28.4 Å². The van der Waals surface area contributed by atoms with Crippen LogP contribution in [0.1, 0.15) is 16.7 Å². The molecule has 0 heterocycles. The fourth-order valence-corrected chi connectivity index (χ4v) is 1.55. The quantitative estimate of drug-likeness (QED) is 0.672. The fraction of sp³-hybridized carbons (Fsp3) is 0.364. The minimum absolute atomic E-state index is 0.144. The summed E-state index contributed by atoms with van der Waals surface area (Å²) in [5, 5.41) is 26.9. The molecule has 0 aromatic heterocycles. The molecule has 0 aliphatic rings. The molecular weight excluding hydrogens is 212 g/mol. The number of hydrogen-bond acceptors (Lipinski definition) is 4. The van der Waals surface area contributed by atoms with Gasteiger partial charge in [0.25, 0.3) is 0 Å². The van der Waals surface area contributed by atoms with E-state index in [4.69, 9.17) is 20.1 Å². The van der Waals surface area contributed by atoms with Gasteiger partial charge in [-0.25, -0.2) is 0 Å². The van der Waals surface area contributed by atoms with Crippen LogP contribution in [0.2, 0.25) is 0 Å². The summed E-state index contributed by atoms with van der Waals surface area (Å²) in [7, 11) is 1.43. The summed E-state index contributed by atoms with van der Waals surface area (Å²) in [4.78, 5) is 10.6. The van der Waals surface area contributed by atoms with E-state index in [9.17, 15) is 4.79 Å². The van der Waals surface area contributed by atoms with Crippen molar-refractivity contribution in [3.63, 3.8) is 0 Å². The van der Waals surface area contributed by atoms with E-state index in [2.05, 4.69) is 0 Å². The summed E-state index contributed by atoms with van der Waals surface area (Å²) in [6.07, 6.45) is -0.144. The Balaban J connectivity index is 3.20. The molecule has 5 heteroatoms. The first-order valence-electron chi connectivity index (χ1n) is 4.74. The number of hydrogen-bond donors (Lipinski definition) is 3. The van der Waals surface area contributed by atoms with Gasteiger partial charge in [-0.05, 0) is 17.2 Å². The molecule has 1 rings (SSSR count). The maximum absolute atomic E-state index is 10.6. The van der Waals surface area contributed by atoms with E-state index in [0.717, 1.165) is 0 Å². The van der Waals surface area contributed by atoms with E-state index in [1.165, 1.54) is 7.11 Å². The van der Waals surface area contributed by atoms with Crippen molar-refractivity contribution in [3.05, 3.63) is 28.8 Å². The van der Waals surface area contributed by atoms with Crippen LogP contribution in [0, 0.1) is 0 Å². The zero-order valence-corrected chi connectivity index (χ0v) is 8.93. The highest BCUT2D eigenvalue weighted by Gasteiger charge is 2.11. The highest BCUT2D eigenvalue weighted by molar-refractivity contribution is 5.70. The number of aliphatic hydroxyl groups excluding tert-OH is 2. The number of carbonyl (C=O) groups is 1. The number of aliphatic hydroxyl groups is 2. The van der Waals surface area contributed by atoms with E-state index < -0.39 is 5.97 Å². The van der Waals surface area contributed by atoms with Crippen LogP contribution in [0.5, 0.6) is 5.75 Å². The van der Waals surface area contributed by atoms with Crippen LogP contribution < -0.4 is 4.74 Å². The first kappa shape index (κ1) is 12.5. The molecule has 0 saturated carbocycles. The van der Waals surface area contributed by atoms with E-state index in [1.807, 2.05) is 0 Å². The largest absolute Gasteiger partial charge is 0.496 e. The van der Waals surface area contributed by atoms with Gasteiger partial charge in [-0.1, -0.05) is 6.07 Å². The first-order chi connectivity index (χ1) is 7.62.